The van der Waals surface area contributed by atoms with Gasteiger partial charge in [-0.3, -0.25) is 0 Å². The van der Waals surface area contributed by atoms with E-state index in [0.29, 0.717) is 0 Å². The highest BCUT2D eigenvalue weighted by Gasteiger charge is 2.35. The molecule has 1 saturated heterocycles. The quantitative estimate of drug-likeness (QED) is 0.629. The Morgan fingerprint density at radius 2 is 1.50 bits per heavy atom. The third kappa shape index (κ3) is 2.11. The van der Waals surface area contributed by atoms with Crippen LogP contribution in [0, 0.1) is 0 Å². The van der Waals surface area contributed by atoms with Crippen LogP contribution < -0.4 is 4.90 Å². The summed E-state index contributed by atoms with van der Waals surface area (Å²) in [5.41, 5.74) is 7.21. The molecule has 1 fully saturated rings. The van der Waals surface area contributed by atoms with Crippen molar-refractivity contribution in [2.24, 2.45) is 0 Å². The van der Waals surface area contributed by atoms with Crippen LogP contribution in [0.5, 0.6) is 0 Å². The standard InChI is InChI=1S/C20H22BrN/c1-20(2)18-12-14(21)6-8-16(18)17-9-7-15(13-19(17)20)22-10-4-3-5-11-22/h6-9,12-13H,3-5,10-11H2,1-2H3. The van der Waals surface area contributed by atoms with E-state index in [1.54, 1.807) is 0 Å². The molecule has 2 heteroatoms. The molecule has 2 aliphatic rings. The lowest BCUT2D eigenvalue weighted by atomic mass is 9.82. The number of halogens is 1. The van der Waals surface area contributed by atoms with Crippen molar-refractivity contribution in [2.45, 2.75) is 38.5 Å². The predicted molar refractivity (Wildman–Crippen MR) is 97.8 cm³/mol. The van der Waals surface area contributed by atoms with E-state index in [2.05, 4.69) is 71.1 Å². The maximum atomic E-state index is 3.63. The van der Waals surface area contributed by atoms with Crippen LogP contribution in [0.25, 0.3) is 11.1 Å². The summed E-state index contributed by atoms with van der Waals surface area (Å²) < 4.78 is 1.17. The molecule has 0 radical (unpaired) electrons. The number of fused-ring (bicyclic) bond motifs is 3. The molecule has 0 bridgehead atoms. The van der Waals surface area contributed by atoms with E-state index >= 15 is 0 Å². The molecule has 0 N–H and O–H groups in total. The van der Waals surface area contributed by atoms with E-state index in [9.17, 15) is 0 Å². The zero-order valence-corrected chi connectivity index (χ0v) is 14.9. The molecule has 0 saturated carbocycles. The normalized spacial score (nSPS) is 19.0. The van der Waals surface area contributed by atoms with E-state index in [4.69, 9.17) is 0 Å². The second-order valence-corrected chi connectivity index (χ2v) is 8.01. The highest BCUT2D eigenvalue weighted by atomic mass is 79.9. The molecule has 0 unspecified atom stereocenters. The van der Waals surface area contributed by atoms with Gasteiger partial charge in [-0.25, -0.2) is 0 Å². The largest absolute Gasteiger partial charge is 0.372 e. The van der Waals surface area contributed by atoms with Crippen LogP contribution in [0.1, 0.15) is 44.2 Å². The van der Waals surface area contributed by atoms with Crippen molar-refractivity contribution >= 4 is 21.6 Å². The van der Waals surface area contributed by atoms with Gasteiger partial charge >= 0.3 is 0 Å². The van der Waals surface area contributed by atoms with E-state index in [1.165, 1.54) is 64.8 Å². The van der Waals surface area contributed by atoms with Gasteiger partial charge in [-0.2, -0.15) is 0 Å². The van der Waals surface area contributed by atoms with Crippen molar-refractivity contribution in [2.75, 3.05) is 18.0 Å². The fraction of sp³-hybridized carbons (Fsp3) is 0.400. The lowest BCUT2D eigenvalue weighted by Crippen LogP contribution is -2.29. The van der Waals surface area contributed by atoms with Gasteiger partial charge in [0.2, 0.25) is 0 Å². The highest BCUT2D eigenvalue weighted by Crippen LogP contribution is 2.50. The fourth-order valence-electron chi connectivity index (χ4n) is 4.05. The molecule has 0 spiro atoms. The van der Waals surface area contributed by atoms with Gasteiger partial charge in [0.05, 0.1) is 0 Å². The average Bonchev–Trinajstić information content (AvgIpc) is 2.76. The second-order valence-electron chi connectivity index (χ2n) is 7.09. The summed E-state index contributed by atoms with van der Waals surface area (Å²) in [4.78, 5) is 2.55. The van der Waals surface area contributed by atoms with Crippen molar-refractivity contribution < 1.29 is 0 Å². The van der Waals surface area contributed by atoms with Crippen molar-refractivity contribution in [1.29, 1.82) is 0 Å². The molecule has 22 heavy (non-hydrogen) atoms. The first-order chi connectivity index (χ1) is 10.6. The smallest absolute Gasteiger partial charge is 0.0369 e. The number of anilines is 1. The van der Waals surface area contributed by atoms with Crippen molar-refractivity contribution in [3.8, 4) is 11.1 Å². The third-order valence-electron chi connectivity index (χ3n) is 5.34. The van der Waals surface area contributed by atoms with Gasteiger partial charge in [0.25, 0.3) is 0 Å². The Morgan fingerprint density at radius 3 is 2.23 bits per heavy atom. The molecule has 2 aromatic carbocycles. The number of hydrogen-bond acceptors (Lipinski definition) is 1. The molecule has 0 amide bonds. The lowest BCUT2D eigenvalue weighted by molar-refractivity contribution is 0.577. The average molecular weight is 356 g/mol. The maximum Gasteiger partial charge on any atom is 0.0369 e. The molecule has 0 atom stereocenters. The monoisotopic (exact) mass is 355 g/mol. The summed E-state index contributed by atoms with van der Waals surface area (Å²) in [5.74, 6) is 0. The van der Waals surface area contributed by atoms with E-state index in [-0.39, 0.29) is 5.41 Å². The maximum absolute atomic E-state index is 3.63. The van der Waals surface area contributed by atoms with Gasteiger partial charge < -0.3 is 4.90 Å². The topological polar surface area (TPSA) is 3.24 Å². The van der Waals surface area contributed by atoms with Crippen LogP contribution in [0.4, 0.5) is 5.69 Å². The third-order valence-corrected chi connectivity index (χ3v) is 5.84. The molecular formula is C20H22BrN. The van der Waals surface area contributed by atoms with Crippen LogP contribution in [0.3, 0.4) is 0 Å². The Morgan fingerprint density at radius 1 is 0.864 bits per heavy atom. The van der Waals surface area contributed by atoms with Crippen molar-refractivity contribution in [1.82, 2.24) is 0 Å². The van der Waals surface area contributed by atoms with Gasteiger partial charge in [-0.05, 0) is 65.8 Å². The minimum atomic E-state index is 0.0836. The first kappa shape index (κ1) is 14.3. The van der Waals surface area contributed by atoms with Gasteiger partial charge in [0.15, 0.2) is 0 Å². The summed E-state index contributed by atoms with van der Waals surface area (Å²) >= 11 is 3.63. The predicted octanol–water partition coefficient (Wildman–Crippen LogP) is 5.75. The molecule has 2 aromatic rings. The SMILES string of the molecule is CC1(C)c2cc(Br)ccc2-c2ccc(N3CCCCC3)cc21. The van der Waals surface area contributed by atoms with Crippen molar-refractivity contribution in [3.63, 3.8) is 0 Å². The Hall–Kier alpha value is -1.28. The van der Waals surface area contributed by atoms with Gasteiger partial charge in [-0.15, -0.1) is 0 Å². The number of nitrogens with zero attached hydrogens (tertiary/aromatic N) is 1. The molecule has 0 aromatic heterocycles. The lowest BCUT2D eigenvalue weighted by Gasteiger charge is -2.30. The molecule has 4 rings (SSSR count). The number of benzene rings is 2. The minimum absolute atomic E-state index is 0.0836. The van der Waals surface area contributed by atoms with Crippen LogP contribution in [-0.4, -0.2) is 13.1 Å². The van der Waals surface area contributed by atoms with Gasteiger partial charge in [-0.1, -0.05) is 41.9 Å². The number of piperidine rings is 1. The molecule has 1 aliphatic heterocycles. The van der Waals surface area contributed by atoms with Crippen LogP contribution in [0.2, 0.25) is 0 Å². The van der Waals surface area contributed by atoms with E-state index in [1.807, 2.05) is 0 Å². The van der Waals surface area contributed by atoms with E-state index < -0.39 is 0 Å². The number of rotatable bonds is 1. The molecule has 1 aliphatic carbocycles. The molecule has 114 valence electrons. The summed E-state index contributed by atoms with van der Waals surface area (Å²) in [6.45, 7) is 7.11. The Balaban J connectivity index is 1.82. The summed E-state index contributed by atoms with van der Waals surface area (Å²) in [6.07, 6.45) is 4.04. The second kappa shape index (κ2) is 5.13. The zero-order valence-electron chi connectivity index (χ0n) is 13.3. The Kier molecular flexibility index (Phi) is 3.34. The highest BCUT2D eigenvalue weighted by molar-refractivity contribution is 9.10. The first-order valence-corrected chi connectivity index (χ1v) is 9.06. The van der Waals surface area contributed by atoms with Gasteiger partial charge in [0, 0.05) is 28.7 Å². The minimum Gasteiger partial charge on any atom is -0.372 e. The van der Waals surface area contributed by atoms with E-state index in [0.717, 1.165) is 0 Å². The molecule has 1 nitrogen and oxygen atoms in total. The first-order valence-electron chi connectivity index (χ1n) is 8.27. The fourth-order valence-corrected chi connectivity index (χ4v) is 4.41. The number of hydrogen-bond donors (Lipinski definition) is 0. The molecular weight excluding hydrogens is 334 g/mol. The zero-order chi connectivity index (χ0) is 15.3. The Bertz CT molecular complexity index is 726. The summed E-state index contributed by atoms with van der Waals surface area (Å²) in [6, 6.07) is 13.8. The van der Waals surface area contributed by atoms with Crippen LogP contribution >= 0.6 is 15.9 Å². The van der Waals surface area contributed by atoms with Gasteiger partial charge in [0.1, 0.15) is 0 Å². The summed E-state index contributed by atoms with van der Waals surface area (Å²) in [5, 5.41) is 0. The molecule has 1 heterocycles. The van der Waals surface area contributed by atoms with Crippen LogP contribution in [-0.2, 0) is 5.41 Å². The Labute approximate surface area is 141 Å². The van der Waals surface area contributed by atoms with Crippen molar-refractivity contribution in [3.05, 3.63) is 52.0 Å². The summed E-state index contributed by atoms with van der Waals surface area (Å²) in [7, 11) is 0. The van der Waals surface area contributed by atoms with Crippen LogP contribution in [0.15, 0.2) is 40.9 Å².